The summed E-state index contributed by atoms with van der Waals surface area (Å²) in [6.45, 7) is 4.39. The van der Waals surface area contributed by atoms with Crippen LogP contribution in [0.1, 0.15) is 12.0 Å². The quantitative estimate of drug-likeness (QED) is 0.697. The van der Waals surface area contributed by atoms with Gasteiger partial charge in [-0.2, -0.15) is 0 Å². The van der Waals surface area contributed by atoms with Crippen molar-refractivity contribution in [2.45, 2.75) is 25.0 Å². The van der Waals surface area contributed by atoms with E-state index >= 15 is 0 Å². The molecule has 1 fully saturated rings. The van der Waals surface area contributed by atoms with Crippen LogP contribution in [0, 0.1) is 5.92 Å². The van der Waals surface area contributed by atoms with E-state index in [1.807, 2.05) is 30.3 Å². The first-order valence-corrected chi connectivity index (χ1v) is 7.15. The van der Waals surface area contributed by atoms with E-state index in [0.29, 0.717) is 13.0 Å². The fourth-order valence-electron chi connectivity index (χ4n) is 2.97. The van der Waals surface area contributed by atoms with Gasteiger partial charge in [-0.25, -0.2) is 9.59 Å². The van der Waals surface area contributed by atoms with Crippen molar-refractivity contribution in [2.75, 3.05) is 6.54 Å². The Balaban J connectivity index is 2.12. The van der Waals surface area contributed by atoms with Gasteiger partial charge in [0.05, 0.1) is 0 Å². The van der Waals surface area contributed by atoms with Gasteiger partial charge in [0.25, 0.3) is 0 Å². The number of likely N-dealkylation sites (tertiary alicyclic amines) is 1. The molecule has 1 aromatic carbocycles. The lowest BCUT2D eigenvalue weighted by atomic mass is 9.92. The van der Waals surface area contributed by atoms with Crippen molar-refractivity contribution < 1.29 is 19.8 Å². The van der Waals surface area contributed by atoms with Gasteiger partial charge in [-0.3, -0.25) is 4.90 Å². The Morgan fingerprint density at radius 3 is 2.55 bits per heavy atom. The first-order valence-electron chi connectivity index (χ1n) is 7.15. The molecule has 0 radical (unpaired) electrons. The summed E-state index contributed by atoms with van der Waals surface area (Å²) in [5.41, 5.74) is 1.07. The number of aliphatic carboxylic acids is 1. The summed E-state index contributed by atoms with van der Waals surface area (Å²) in [6.07, 6.45) is 0.890. The molecule has 0 bridgehead atoms. The highest BCUT2D eigenvalue weighted by molar-refractivity contribution is 5.80. The van der Waals surface area contributed by atoms with Crippen LogP contribution in [0.2, 0.25) is 0 Å². The van der Waals surface area contributed by atoms with Crippen LogP contribution in [0.15, 0.2) is 43.0 Å². The second kappa shape index (κ2) is 7.09. The number of allylic oxidation sites excluding steroid dienone is 1. The molecule has 0 unspecified atom stereocenters. The van der Waals surface area contributed by atoms with Crippen LogP contribution >= 0.6 is 0 Å². The van der Waals surface area contributed by atoms with Crippen molar-refractivity contribution in [3.63, 3.8) is 0 Å². The van der Waals surface area contributed by atoms with Crippen LogP contribution in [0.4, 0.5) is 4.79 Å². The summed E-state index contributed by atoms with van der Waals surface area (Å²) >= 11 is 0. The molecule has 1 amide bonds. The monoisotopic (exact) mass is 304 g/mol. The molecule has 0 spiro atoms. The highest BCUT2D eigenvalue weighted by Gasteiger charge is 2.47. The van der Waals surface area contributed by atoms with Crippen molar-refractivity contribution in [3.8, 4) is 0 Å². The van der Waals surface area contributed by atoms with Crippen LogP contribution in [0.5, 0.6) is 0 Å². The predicted molar refractivity (Wildman–Crippen MR) is 81.5 cm³/mol. The molecule has 3 atom stereocenters. The normalized spacial score (nSPS) is 24.2. The van der Waals surface area contributed by atoms with Gasteiger partial charge in [0.2, 0.25) is 0 Å². The fraction of sp³-hybridized carbons (Fsp3) is 0.375. The Morgan fingerprint density at radius 1 is 1.32 bits per heavy atom. The number of carboxylic acids is 1. The minimum absolute atomic E-state index is 0.164. The lowest BCUT2D eigenvalue weighted by molar-refractivity contribution is -0.142. The molecule has 0 saturated carbocycles. The molecular formula is C16H20N2O4. The Labute approximate surface area is 129 Å². The number of carbonyl (C=O) groups is 2. The van der Waals surface area contributed by atoms with Gasteiger partial charge in [-0.05, 0) is 12.0 Å². The summed E-state index contributed by atoms with van der Waals surface area (Å²) in [4.78, 5) is 23.7. The van der Waals surface area contributed by atoms with Gasteiger partial charge >= 0.3 is 12.1 Å². The third kappa shape index (κ3) is 3.46. The molecule has 0 aromatic heterocycles. The minimum atomic E-state index is -1.20. The van der Waals surface area contributed by atoms with Crippen LogP contribution in [-0.2, 0) is 11.3 Å². The third-order valence-corrected chi connectivity index (χ3v) is 4.00. The van der Waals surface area contributed by atoms with E-state index in [9.17, 15) is 19.8 Å². The second-order valence-electron chi connectivity index (χ2n) is 5.38. The van der Waals surface area contributed by atoms with E-state index in [1.165, 1.54) is 0 Å². The number of nitrogens with zero attached hydrogens (tertiary/aromatic N) is 1. The van der Waals surface area contributed by atoms with E-state index < -0.39 is 18.1 Å². The zero-order chi connectivity index (χ0) is 16.1. The summed E-state index contributed by atoms with van der Waals surface area (Å²) in [6, 6.07) is 8.46. The number of rotatable bonds is 6. The summed E-state index contributed by atoms with van der Waals surface area (Å²) in [7, 11) is 0. The molecule has 1 saturated heterocycles. The fourth-order valence-corrected chi connectivity index (χ4v) is 2.97. The number of hydrogen-bond donors (Lipinski definition) is 3. The topological polar surface area (TPSA) is 89.9 Å². The van der Waals surface area contributed by atoms with Crippen LogP contribution in [0.3, 0.4) is 0 Å². The van der Waals surface area contributed by atoms with Gasteiger partial charge in [-0.1, -0.05) is 36.4 Å². The smallest absolute Gasteiger partial charge is 0.408 e. The molecule has 1 aliphatic rings. The molecule has 1 aliphatic heterocycles. The summed E-state index contributed by atoms with van der Waals surface area (Å²) in [5, 5.41) is 21.9. The van der Waals surface area contributed by atoms with Crippen LogP contribution in [0.25, 0.3) is 0 Å². The average molecular weight is 304 g/mol. The van der Waals surface area contributed by atoms with E-state index in [4.69, 9.17) is 0 Å². The van der Waals surface area contributed by atoms with Crippen molar-refractivity contribution >= 4 is 12.1 Å². The largest absolute Gasteiger partial charge is 0.480 e. The molecule has 1 aromatic rings. The summed E-state index contributed by atoms with van der Waals surface area (Å²) < 4.78 is 0. The Morgan fingerprint density at radius 2 is 2.00 bits per heavy atom. The zero-order valence-electron chi connectivity index (χ0n) is 12.2. The van der Waals surface area contributed by atoms with Gasteiger partial charge in [0.1, 0.15) is 6.04 Å². The average Bonchev–Trinajstić information content (AvgIpc) is 2.86. The molecular weight excluding hydrogens is 284 g/mol. The number of nitrogens with one attached hydrogen (secondary N) is 1. The van der Waals surface area contributed by atoms with Crippen molar-refractivity contribution in [3.05, 3.63) is 48.6 Å². The molecule has 1 heterocycles. The highest BCUT2D eigenvalue weighted by atomic mass is 16.4. The van der Waals surface area contributed by atoms with E-state index in [2.05, 4.69) is 11.9 Å². The van der Waals surface area contributed by atoms with E-state index in [-0.39, 0.29) is 18.5 Å². The molecule has 3 N–H and O–H groups in total. The van der Waals surface area contributed by atoms with Gasteiger partial charge in [0.15, 0.2) is 0 Å². The van der Waals surface area contributed by atoms with Gasteiger partial charge in [0, 0.05) is 25.0 Å². The number of carboxylic acid groups (broad SMARTS) is 2. The molecule has 6 nitrogen and oxygen atoms in total. The maximum atomic E-state index is 11.5. The lowest BCUT2D eigenvalue weighted by Gasteiger charge is -2.22. The van der Waals surface area contributed by atoms with E-state index in [1.54, 1.807) is 6.08 Å². The SMILES string of the molecule is C=CC[C@@H]1[C@@H](NCc2ccccc2)CN(C(=O)O)[C@@H]1C(=O)O. The molecule has 6 heteroatoms. The van der Waals surface area contributed by atoms with Gasteiger partial charge in [-0.15, -0.1) is 6.58 Å². The predicted octanol–water partition coefficient (Wildman–Crippen LogP) is 1.78. The molecule has 22 heavy (non-hydrogen) atoms. The van der Waals surface area contributed by atoms with Crippen LogP contribution < -0.4 is 5.32 Å². The maximum Gasteiger partial charge on any atom is 0.408 e. The van der Waals surface area contributed by atoms with Crippen molar-refractivity contribution in [1.82, 2.24) is 10.2 Å². The Kier molecular flexibility index (Phi) is 5.16. The number of amides is 1. The van der Waals surface area contributed by atoms with Crippen LogP contribution in [-0.4, -0.2) is 45.8 Å². The molecule has 118 valence electrons. The Hall–Kier alpha value is -2.34. The highest BCUT2D eigenvalue weighted by Crippen LogP contribution is 2.28. The number of benzene rings is 1. The molecule has 2 rings (SSSR count). The lowest BCUT2D eigenvalue weighted by Crippen LogP contribution is -2.42. The minimum Gasteiger partial charge on any atom is -0.480 e. The Bertz CT molecular complexity index is 546. The first-order chi connectivity index (χ1) is 10.5. The third-order valence-electron chi connectivity index (χ3n) is 4.00. The second-order valence-corrected chi connectivity index (χ2v) is 5.38. The standard InChI is InChI=1S/C16H20N2O4/c1-2-6-12-13(17-9-11-7-4-3-5-8-11)10-18(16(21)22)14(12)15(19)20/h2-5,7-8,12-14,17H,1,6,9-10H2,(H,19,20)(H,21,22)/t12-,13+,14+/m1/s1. The van der Waals surface area contributed by atoms with Crippen molar-refractivity contribution in [1.29, 1.82) is 0 Å². The number of hydrogen-bond acceptors (Lipinski definition) is 3. The maximum absolute atomic E-state index is 11.5. The van der Waals surface area contributed by atoms with E-state index in [0.717, 1.165) is 10.5 Å². The summed E-state index contributed by atoms with van der Waals surface area (Å²) in [5.74, 6) is -1.44. The molecule has 0 aliphatic carbocycles. The van der Waals surface area contributed by atoms with Crippen molar-refractivity contribution in [2.24, 2.45) is 5.92 Å². The zero-order valence-corrected chi connectivity index (χ0v) is 12.2. The van der Waals surface area contributed by atoms with Gasteiger partial charge < -0.3 is 15.5 Å². The first kappa shape index (κ1) is 16.0.